The zero-order valence-corrected chi connectivity index (χ0v) is 16.7. The highest BCUT2D eigenvalue weighted by Gasteiger charge is 2.06. The first-order valence-electron chi connectivity index (χ1n) is 7.98. The molecule has 25 heavy (non-hydrogen) atoms. The number of fused-ring (bicyclic) bond motifs is 1. The summed E-state index contributed by atoms with van der Waals surface area (Å²) in [6, 6.07) is 4.72. The Morgan fingerprint density at radius 3 is 2.88 bits per heavy atom. The molecule has 8 heteroatoms. The number of aromatic amines is 1. The maximum atomic E-state index is 13.4. The van der Waals surface area contributed by atoms with Gasteiger partial charge in [0.25, 0.3) is 0 Å². The molecule has 0 fully saturated rings. The molecule has 0 atom stereocenters. The minimum atomic E-state index is -0.282. The number of aliphatic imine (C=N–C) groups is 1. The fraction of sp³-hybridized carbons (Fsp3) is 0.412. The normalized spacial score (nSPS) is 11.1. The zero-order valence-electron chi connectivity index (χ0n) is 14.4. The number of nitrogens with zero attached hydrogens (tertiary/aromatic N) is 1. The molecule has 0 radical (unpaired) electrons. The van der Waals surface area contributed by atoms with E-state index in [1.165, 1.54) is 19.2 Å². The van der Waals surface area contributed by atoms with Gasteiger partial charge in [0, 0.05) is 30.2 Å². The monoisotopic (exact) mass is 462 g/mol. The number of ether oxygens (including phenoxy) is 1. The summed E-state index contributed by atoms with van der Waals surface area (Å²) < 4.78 is 18.0. The van der Waals surface area contributed by atoms with Crippen molar-refractivity contribution < 1.29 is 13.9 Å². The molecule has 0 spiro atoms. The van der Waals surface area contributed by atoms with E-state index in [9.17, 15) is 9.18 Å². The highest BCUT2D eigenvalue weighted by molar-refractivity contribution is 14.0. The van der Waals surface area contributed by atoms with Gasteiger partial charge in [-0.1, -0.05) is 0 Å². The van der Waals surface area contributed by atoms with Crippen LogP contribution in [0.3, 0.4) is 0 Å². The highest BCUT2D eigenvalue weighted by Crippen LogP contribution is 2.19. The predicted molar refractivity (Wildman–Crippen MR) is 108 cm³/mol. The van der Waals surface area contributed by atoms with Crippen LogP contribution in [-0.2, 0) is 16.0 Å². The quantitative estimate of drug-likeness (QED) is 0.256. The topological polar surface area (TPSA) is 78.5 Å². The van der Waals surface area contributed by atoms with Gasteiger partial charge in [0.15, 0.2) is 5.96 Å². The number of nitrogens with one attached hydrogen (secondary N) is 3. The molecule has 6 nitrogen and oxygen atoms in total. The lowest BCUT2D eigenvalue weighted by Gasteiger charge is -2.11. The molecule has 0 aliphatic rings. The number of aromatic nitrogens is 1. The number of carbonyl (C=O) groups is 1. The molecule has 1 aromatic heterocycles. The second-order valence-electron chi connectivity index (χ2n) is 5.27. The van der Waals surface area contributed by atoms with Gasteiger partial charge in [-0.25, -0.2) is 4.39 Å². The fourth-order valence-corrected chi connectivity index (χ4v) is 2.38. The van der Waals surface area contributed by atoms with Crippen molar-refractivity contribution in [2.24, 2.45) is 4.99 Å². The molecule has 0 bridgehead atoms. The van der Waals surface area contributed by atoms with Crippen molar-refractivity contribution in [1.29, 1.82) is 0 Å². The van der Waals surface area contributed by atoms with Crippen molar-refractivity contribution in [1.82, 2.24) is 15.6 Å². The Bertz CT molecular complexity index is 718. The lowest BCUT2D eigenvalue weighted by atomic mass is 10.1. The third-order valence-electron chi connectivity index (χ3n) is 3.57. The molecule has 0 saturated carbocycles. The molecular weight excluding hydrogens is 438 g/mol. The summed E-state index contributed by atoms with van der Waals surface area (Å²) in [7, 11) is 1.36. The lowest BCUT2D eigenvalue weighted by molar-refractivity contribution is -0.140. The molecule has 2 rings (SSSR count). The number of H-pyrrole nitrogens is 1. The van der Waals surface area contributed by atoms with E-state index in [0.29, 0.717) is 19.0 Å². The van der Waals surface area contributed by atoms with Crippen LogP contribution >= 0.6 is 24.0 Å². The number of carbonyl (C=O) groups excluding carboxylic acids is 1. The number of guanidine groups is 1. The average molecular weight is 462 g/mol. The van der Waals surface area contributed by atoms with E-state index < -0.39 is 0 Å². The Kier molecular flexibility index (Phi) is 9.25. The van der Waals surface area contributed by atoms with Gasteiger partial charge >= 0.3 is 5.97 Å². The fourth-order valence-electron chi connectivity index (χ4n) is 2.38. The van der Waals surface area contributed by atoms with E-state index in [-0.39, 0.29) is 42.2 Å². The third-order valence-corrected chi connectivity index (χ3v) is 3.57. The molecule has 138 valence electrons. The van der Waals surface area contributed by atoms with Gasteiger partial charge in [0.1, 0.15) is 5.82 Å². The number of esters is 1. The van der Waals surface area contributed by atoms with Crippen molar-refractivity contribution in [3.05, 3.63) is 35.8 Å². The minimum Gasteiger partial charge on any atom is -0.469 e. The number of hydrogen-bond donors (Lipinski definition) is 3. The zero-order chi connectivity index (χ0) is 17.4. The Hall–Kier alpha value is -1.84. The first kappa shape index (κ1) is 21.2. The number of rotatable bonds is 7. The van der Waals surface area contributed by atoms with Crippen LogP contribution in [0.25, 0.3) is 10.9 Å². The summed E-state index contributed by atoms with van der Waals surface area (Å²) >= 11 is 0. The van der Waals surface area contributed by atoms with Crippen LogP contribution in [0.2, 0.25) is 0 Å². The van der Waals surface area contributed by atoms with Crippen LogP contribution in [0.15, 0.2) is 29.4 Å². The van der Waals surface area contributed by atoms with Gasteiger partial charge in [-0.3, -0.25) is 9.79 Å². The molecule has 2 aromatic rings. The van der Waals surface area contributed by atoms with Gasteiger partial charge in [-0.05, 0) is 37.1 Å². The van der Waals surface area contributed by atoms with Crippen LogP contribution in [0.1, 0.15) is 18.9 Å². The van der Waals surface area contributed by atoms with E-state index in [1.807, 2.05) is 13.1 Å². The van der Waals surface area contributed by atoms with Gasteiger partial charge in [-0.2, -0.15) is 0 Å². The van der Waals surface area contributed by atoms with Crippen molar-refractivity contribution in [2.45, 2.75) is 19.8 Å². The maximum absolute atomic E-state index is 13.4. The van der Waals surface area contributed by atoms with Crippen molar-refractivity contribution in [2.75, 3.05) is 26.7 Å². The van der Waals surface area contributed by atoms with E-state index >= 15 is 0 Å². The summed E-state index contributed by atoms with van der Waals surface area (Å²) in [6.07, 6.45) is 2.87. The summed E-state index contributed by atoms with van der Waals surface area (Å²) in [4.78, 5) is 18.6. The van der Waals surface area contributed by atoms with Crippen molar-refractivity contribution in [3.63, 3.8) is 0 Å². The van der Waals surface area contributed by atoms with E-state index in [1.54, 1.807) is 6.07 Å². The summed E-state index contributed by atoms with van der Waals surface area (Å²) in [6.45, 7) is 3.70. The number of benzene rings is 1. The molecule has 0 unspecified atom stereocenters. The summed E-state index contributed by atoms with van der Waals surface area (Å²) in [5, 5.41) is 7.22. The SMILES string of the molecule is CCNC(=NCCC(=O)OC)NCCc1c[nH]c2ccc(F)cc12.I. The summed E-state index contributed by atoms with van der Waals surface area (Å²) in [5.74, 6) is 0.122. The van der Waals surface area contributed by atoms with Crippen LogP contribution in [0.4, 0.5) is 4.39 Å². The van der Waals surface area contributed by atoms with Crippen LogP contribution in [0, 0.1) is 5.82 Å². The Morgan fingerprint density at radius 2 is 2.16 bits per heavy atom. The van der Waals surface area contributed by atoms with Gasteiger partial charge in [-0.15, -0.1) is 24.0 Å². The number of halogens is 2. The standard InChI is InChI=1S/C17H23FN4O2.HI/c1-3-19-17(21-9-7-16(23)24-2)20-8-6-12-11-22-15-5-4-13(18)10-14(12)15;/h4-5,10-11,22H,3,6-9H2,1-2H3,(H2,19,20,21);1H. The molecular formula is C17H24FIN4O2. The lowest BCUT2D eigenvalue weighted by Crippen LogP contribution is -2.38. The molecule has 1 heterocycles. The largest absolute Gasteiger partial charge is 0.469 e. The first-order valence-corrected chi connectivity index (χ1v) is 7.98. The van der Waals surface area contributed by atoms with Crippen molar-refractivity contribution >= 4 is 46.8 Å². The molecule has 0 aliphatic heterocycles. The summed E-state index contributed by atoms with van der Waals surface area (Å²) in [5.41, 5.74) is 1.97. The predicted octanol–water partition coefficient (Wildman–Crippen LogP) is 2.59. The molecule has 3 N–H and O–H groups in total. The van der Waals surface area contributed by atoms with E-state index in [0.717, 1.165) is 29.4 Å². The molecule has 1 aromatic carbocycles. The number of methoxy groups -OCH3 is 1. The minimum absolute atomic E-state index is 0. The molecule has 0 saturated heterocycles. The average Bonchev–Trinajstić information content (AvgIpc) is 2.97. The van der Waals surface area contributed by atoms with Crippen LogP contribution in [0.5, 0.6) is 0 Å². The van der Waals surface area contributed by atoms with Crippen LogP contribution in [-0.4, -0.2) is 43.7 Å². The van der Waals surface area contributed by atoms with Gasteiger partial charge < -0.3 is 20.4 Å². The Morgan fingerprint density at radius 1 is 1.36 bits per heavy atom. The smallest absolute Gasteiger partial charge is 0.307 e. The molecule has 0 aliphatic carbocycles. The highest BCUT2D eigenvalue weighted by atomic mass is 127. The second-order valence-corrected chi connectivity index (χ2v) is 5.27. The Balaban J connectivity index is 0.00000312. The van der Waals surface area contributed by atoms with Gasteiger partial charge in [0.05, 0.1) is 20.1 Å². The van der Waals surface area contributed by atoms with E-state index in [2.05, 4.69) is 25.3 Å². The number of hydrogen-bond acceptors (Lipinski definition) is 3. The van der Waals surface area contributed by atoms with E-state index in [4.69, 9.17) is 0 Å². The second kappa shape index (κ2) is 10.9. The maximum Gasteiger partial charge on any atom is 0.307 e. The van der Waals surface area contributed by atoms with Gasteiger partial charge in [0.2, 0.25) is 0 Å². The third kappa shape index (κ3) is 6.52. The molecule has 0 amide bonds. The van der Waals surface area contributed by atoms with Crippen LogP contribution < -0.4 is 10.6 Å². The van der Waals surface area contributed by atoms with Crippen molar-refractivity contribution in [3.8, 4) is 0 Å². The Labute approximate surface area is 163 Å². The first-order chi connectivity index (χ1) is 11.6.